The van der Waals surface area contributed by atoms with Gasteiger partial charge in [-0.1, -0.05) is 164 Å². The zero-order valence-corrected chi connectivity index (χ0v) is 27.5. The summed E-state index contributed by atoms with van der Waals surface area (Å²) in [6, 6.07) is 71.3. The van der Waals surface area contributed by atoms with Crippen molar-refractivity contribution in [2.75, 3.05) is 0 Å². The van der Waals surface area contributed by atoms with Gasteiger partial charge in [0, 0.05) is 0 Å². The second kappa shape index (κ2) is 11.6. The second-order valence-electron chi connectivity index (χ2n) is 13.3. The van der Waals surface area contributed by atoms with E-state index in [1.165, 1.54) is 98.4 Å². The van der Waals surface area contributed by atoms with Crippen LogP contribution >= 0.6 is 0 Å². The maximum absolute atomic E-state index is 2.34. The Morgan fingerprint density at radius 1 is 0.180 bits per heavy atom. The lowest BCUT2D eigenvalue weighted by Crippen LogP contribution is -1.86. The molecule has 0 aliphatic rings. The third kappa shape index (κ3) is 4.85. The number of benzene rings is 10. The van der Waals surface area contributed by atoms with Gasteiger partial charge in [0.2, 0.25) is 0 Å². The van der Waals surface area contributed by atoms with Crippen LogP contribution in [-0.4, -0.2) is 0 Å². The van der Waals surface area contributed by atoms with E-state index >= 15 is 0 Å². The van der Waals surface area contributed by atoms with Crippen LogP contribution in [0.2, 0.25) is 0 Å². The topological polar surface area (TPSA) is 0 Å². The largest absolute Gasteiger partial charge is 0.0616 e. The molecule has 232 valence electrons. The van der Waals surface area contributed by atoms with Gasteiger partial charge in [-0.2, -0.15) is 0 Å². The van der Waals surface area contributed by atoms with Crippen LogP contribution in [0.3, 0.4) is 0 Å². The lowest BCUT2D eigenvalue weighted by atomic mass is 9.91. The van der Waals surface area contributed by atoms with Crippen molar-refractivity contribution >= 4 is 53.9 Å². The van der Waals surface area contributed by atoms with Gasteiger partial charge in [-0.05, 0) is 129 Å². The highest BCUT2D eigenvalue weighted by molar-refractivity contribution is 6.14. The number of hydrogen-bond donors (Lipinski definition) is 0. The molecule has 0 unspecified atom stereocenters. The minimum atomic E-state index is 1.22. The summed E-state index contributed by atoms with van der Waals surface area (Å²) < 4.78 is 0. The predicted molar refractivity (Wildman–Crippen MR) is 216 cm³/mol. The molecule has 0 amide bonds. The molecule has 0 fully saturated rings. The maximum Gasteiger partial charge on any atom is -0.00988 e. The normalized spacial score (nSPS) is 11.6. The van der Waals surface area contributed by atoms with Crippen molar-refractivity contribution in [3.63, 3.8) is 0 Å². The van der Waals surface area contributed by atoms with Crippen LogP contribution in [0.1, 0.15) is 0 Å². The Hall–Kier alpha value is -6.50. The summed E-state index contributed by atoms with van der Waals surface area (Å²) in [4.78, 5) is 0. The van der Waals surface area contributed by atoms with Crippen molar-refractivity contribution in [1.29, 1.82) is 0 Å². The fraction of sp³-hybridized carbons (Fsp3) is 0. The lowest BCUT2D eigenvalue weighted by Gasteiger charge is -2.12. The van der Waals surface area contributed by atoms with Gasteiger partial charge in [-0.15, -0.1) is 0 Å². The highest BCUT2D eigenvalue weighted by Gasteiger charge is 2.11. The highest BCUT2D eigenvalue weighted by atomic mass is 14.1. The maximum atomic E-state index is 2.34. The Balaban J connectivity index is 0.962. The lowest BCUT2D eigenvalue weighted by molar-refractivity contribution is 1.61. The van der Waals surface area contributed by atoms with E-state index in [4.69, 9.17) is 0 Å². The highest BCUT2D eigenvalue weighted by Crippen LogP contribution is 2.37. The van der Waals surface area contributed by atoms with Crippen LogP contribution in [0, 0.1) is 0 Å². The zero-order valence-electron chi connectivity index (χ0n) is 27.5. The summed E-state index contributed by atoms with van der Waals surface area (Å²) in [5.41, 5.74) is 9.94. The summed E-state index contributed by atoms with van der Waals surface area (Å²) >= 11 is 0. The fourth-order valence-electron chi connectivity index (χ4n) is 7.81. The van der Waals surface area contributed by atoms with Gasteiger partial charge in [0.1, 0.15) is 0 Å². The predicted octanol–water partition coefficient (Wildman–Crippen LogP) is 14.1. The molecule has 0 saturated carbocycles. The van der Waals surface area contributed by atoms with Crippen molar-refractivity contribution in [3.8, 4) is 44.5 Å². The summed E-state index contributed by atoms with van der Waals surface area (Å²) in [5.74, 6) is 0. The van der Waals surface area contributed by atoms with E-state index in [1.807, 2.05) is 0 Å². The minimum Gasteiger partial charge on any atom is -0.0616 e. The standard InChI is InChI=1S/C50H32/c1-3-11-45-36(8-1)10-7-15-46(45)42-26-21-35-20-22-38(30-44(35)31-42)34-18-16-33(17-19-34)37-23-24-40-29-43(27-25-39(40)28-37)50-32-41-9-2-4-12-47(41)48-13-5-6-14-49(48)50/h1-32H. The molecule has 10 aromatic rings. The van der Waals surface area contributed by atoms with E-state index in [-0.39, 0.29) is 0 Å². The van der Waals surface area contributed by atoms with Gasteiger partial charge in [0.05, 0.1) is 0 Å². The van der Waals surface area contributed by atoms with Crippen LogP contribution in [0.5, 0.6) is 0 Å². The summed E-state index contributed by atoms with van der Waals surface area (Å²) in [6.45, 7) is 0. The second-order valence-corrected chi connectivity index (χ2v) is 13.3. The van der Waals surface area contributed by atoms with Gasteiger partial charge >= 0.3 is 0 Å². The van der Waals surface area contributed by atoms with Crippen LogP contribution < -0.4 is 0 Å². The Kier molecular flexibility index (Phi) is 6.60. The Morgan fingerprint density at radius 3 is 1.36 bits per heavy atom. The SMILES string of the molecule is c1ccc2c(-c3ccc4ccc(-c5ccc(-c6ccc7cc(-c8cc9ccccc9c9ccccc89)ccc7c6)cc5)cc4c3)cccc2c1. The van der Waals surface area contributed by atoms with E-state index in [0.29, 0.717) is 0 Å². The molecule has 0 nitrogen and oxygen atoms in total. The third-order valence-electron chi connectivity index (χ3n) is 10.4. The first-order valence-corrected chi connectivity index (χ1v) is 17.3. The molecule has 0 heterocycles. The molecule has 0 atom stereocenters. The van der Waals surface area contributed by atoms with Gasteiger partial charge in [0.15, 0.2) is 0 Å². The van der Waals surface area contributed by atoms with E-state index in [1.54, 1.807) is 0 Å². The molecular weight excluding hydrogens is 601 g/mol. The first kappa shape index (κ1) is 28.5. The van der Waals surface area contributed by atoms with Gasteiger partial charge in [-0.3, -0.25) is 0 Å². The molecular formula is C50H32. The Morgan fingerprint density at radius 2 is 0.640 bits per heavy atom. The van der Waals surface area contributed by atoms with Crippen molar-refractivity contribution < 1.29 is 0 Å². The molecule has 0 N–H and O–H groups in total. The summed E-state index contributed by atoms with van der Waals surface area (Å²) in [7, 11) is 0. The Labute approximate surface area is 291 Å². The van der Waals surface area contributed by atoms with E-state index in [2.05, 4.69) is 194 Å². The van der Waals surface area contributed by atoms with Crippen LogP contribution in [0.15, 0.2) is 194 Å². The van der Waals surface area contributed by atoms with Crippen LogP contribution in [0.25, 0.3) is 98.4 Å². The average molecular weight is 633 g/mol. The Bertz CT molecular complexity index is 2900. The minimum absolute atomic E-state index is 1.22. The molecule has 0 heteroatoms. The molecule has 0 bridgehead atoms. The number of hydrogen-bond acceptors (Lipinski definition) is 0. The van der Waals surface area contributed by atoms with E-state index in [0.717, 1.165) is 0 Å². The van der Waals surface area contributed by atoms with E-state index < -0.39 is 0 Å². The first-order valence-electron chi connectivity index (χ1n) is 17.3. The molecule has 50 heavy (non-hydrogen) atoms. The molecule has 0 radical (unpaired) electrons. The van der Waals surface area contributed by atoms with Crippen molar-refractivity contribution in [2.24, 2.45) is 0 Å². The summed E-state index contributed by atoms with van der Waals surface area (Å²) in [6.07, 6.45) is 0. The van der Waals surface area contributed by atoms with Gasteiger partial charge < -0.3 is 0 Å². The molecule has 0 aromatic heterocycles. The molecule has 0 aliphatic carbocycles. The zero-order chi connectivity index (χ0) is 33.0. The van der Waals surface area contributed by atoms with Crippen LogP contribution in [-0.2, 0) is 0 Å². The van der Waals surface area contributed by atoms with Crippen molar-refractivity contribution in [2.45, 2.75) is 0 Å². The molecule has 10 aromatic carbocycles. The number of rotatable bonds is 4. The van der Waals surface area contributed by atoms with Crippen molar-refractivity contribution in [1.82, 2.24) is 0 Å². The smallest absolute Gasteiger partial charge is 0.00988 e. The first-order chi connectivity index (χ1) is 24.7. The quantitative estimate of drug-likeness (QED) is 0.169. The monoisotopic (exact) mass is 632 g/mol. The molecule has 0 aliphatic heterocycles. The van der Waals surface area contributed by atoms with E-state index in [9.17, 15) is 0 Å². The molecule has 0 saturated heterocycles. The van der Waals surface area contributed by atoms with Gasteiger partial charge in [-0.25, -0.2) is 0 Å². The van der Waals surface area contributed by atoms with Crippen molar-refractivity contribution in [3.05, 3.63) is 194 Å². The molecule has 0 spiro atoms. The molecule has 10 rings (SSSR count). The summed E-state index contributed by atoms with van der Waals surface area (Å²) in [5, 5.41) is 12.7. The van der Waals surface area contributed by atoms with Gasteiger partial charge in [0.25, 0.3) is 0 Å². The fourth-order valence-corrected chi connectivity index (χ4v) is 7.81. The number of fused-ring (bicyclic) bond motifs is 6. The van der Waals surface area contributed by atoms with Crippen LogP contribution in [0.4, 0.5) is 0 Å². The average Bonchev–Trinajstić information content (AvgIpc) is 3.19. The third-order valence-corrected chi connectivity index (χ3v) is 10.4.